The highest BCUT2D eigenvalue weighted by Gasteiger charge is 2.51. The van der Waals surface area contributed by atoms with Crippen LogP contribution in [-0.4, -0.2) is 30.1 Å². The highest BCUT2D eigenvalue weighted by atomic mass is 15.2. The number of hydrogen-bond acceptors (Lipinski definition) is 2. The normalized spacial score (nSPS) is 30.9. The van der Waals surface area contributed by atoms with Crippen molar-refractivity contribution < 1.29 is 0 Å². The predicted octanol–water partition coefficient (Wildman–Crippen LogP) is 3.01. The molecule has 0 aromatic carbocycles. The molecule has 0 amide bonds. The molecule has 2 heteroatoms. The van der Waals surface area contributed by atoms with Gasteiger partial charge in [0, 0.05) is 18.1 Å². The Bertz CT molecular complexity index is 225. The highest BCUT2D eigenvalue weighted by Crippen LogP contribution is 2.49. The predicted molar refractivity (Wildman–Crippen MR) is 71.6 cm³/mol. The third kappa shape index (κ3) is 2.14. The van der Waals surface area contributed by atoms with Gasteiger partial charge in [-0.15, -0.1) is 0 Å². The molecule has 1 aliphatic carbocycles. The van der Waals surface area contributed by atoms with Gasteiger partial charge >= 0.3 is 0 Å². The summed E-state index contributed by atoms with van der Waals surface area (Å²) in [6, 6.07) is 0.644. The van der Waals surface area contributed by atoms with Crippen LogP contribution in [0.5, 0.6) is 0 Å². The lowest BCUT2D eigenvalue weighted by atomic mass is 9.73. The van der Waals surface area contributed by atoms with Crippen molar-refractivity contribution in [3.05, 3.63) is 0 Å². The van der Waals surface area contributed by atoms with Crippen LogP contribution in [0.2, 0.25) is 0 Å². The summed E-state index contributed by atoms with van der Waals surface area (Å²) in [5.41, 5.74) is 6.72. The average Bonchev–Trinajstić information content (AvgIpc) is 2.53. The second-order valence-electron chi connectivity index (χ2n) is 6.22. The summed E-state index contributed by atoms with van der Waals surface area (Å²) in [6.07, 6.45) is 6.43. The molecular weight excluding hydrogens is 196 g/mol. The molecule has 0 spiro atoms. The van der Waals surface area contributed by atoms with E-state index in [1.165, 1.54) is 32.1 Å². The van der Waals surface area contributed by atoms with E-state index in [1.54, 1.807) is 0 Å². The van der Waals surface area contributed by atoms with Crippen LogP contribution in [0.25, 0.3) is 0 Å². The van der Waals surface area contributed by atoms with E-state index in [2.05, 4.69) is 39.6 Å². The number of nitrogens with zero attached hydrogens (tertiary/aromatic N) is 1. The van der Waals surface area contributed by atoms with Crippen LogP contribution >= 0.6 is 0 Å². The fraction of sp³-hybridized carbons (Fsp3) is 1.00. The molecular formula is C14H30N2. The van der Waals surface area contributed by atoms with Gasteiger partial charge in [-0.3, -0.25) is 4.90 Å². The van der Waals surface area contributed by atoms with E-state index in [-0.39, 0.29) is 5.54 Å². The molecule has 2 unspecified atom stereocenters. The molecule has 0 heterocycles. The van der Waals surface area contributed by atoms with Crippen molar-refractivity contribution in [2.75, 3.05) is 13.6 Å². The molecule has 0 bridgehead atoms. The molecule has 0 aromatic rings. The van der Waals surface area contributed by atoms with Gasteiger partial charge in [-0.25, -0.2) is 0 Å². The zero-order chi connectivity index (χ0) is 12.4. The quantitative estimate of drug-likeness (QED) is 0.781. The summed E-state index contributed by atoms with van der Waals surface area (Å²) in [5.74, 6) is 0. The molecule has 1 saturated carbocycles. The summed E-state index contributed by atoms with van der Waals surface area (Å²) in [5, 5.41) is 0. The Morgan fingerprint density at radius 1 is 1.31 bits per heavy atom. The fourth-order valence-corrected chi connectivity index (χ4v) is 3.60. The van der Waals surface area contributed by atoms with Crippen LogP contribution in [0.4, 0.5) is 0 Å². The Morgan fingerprint density at radius 2 is 1.94 bits per heavy atom. The lowest BCUT2D eigenvalue weighted by molar-refractivity contribution is 0.00424. The van der Waals surface area contributed by atoms with Gasteiger partial charge in [-0.05, 0) is 38.6 Å². The molecule has 1 fully saturated rings. The lowest BCUT2D eigenvalue weighted by Gasteiger charge is -2.50. The van der Waals surface area contributed by atoms with Gasteiger partial charge in [0.1, 0.15) is 0 Å². The summed E-state index contributed by atoms with van der Waals surface area (Å²) < 4.78 is 0. The largest absolute Gasteiger partial charge is 0.329 e. The maximum Gasteiger partial charge on any atom is 0.0382 e. The summed E-state index contributed by atoms with van der Waals surface area (Å²) in [7, 11) is 2.28. The first-order valence-electron chi connectivity index (χ1n) is 6.84. The van der Waals surface area contributed by atoms with Gasteiger partial charge in [0.15, 0.2) is 0 Å². The topological polar surface area (TPSA) is 29.3 Å². The third-order valence-electron chi connectivity index (χ3n) is 5.03. The summed E-state index contributed by atoms with van der Waals surface area (Å²) in [6.45, 7) is 10.2. The zero-order valence-electron chi connectivity index (χ0n) is 11.8. The van der Waals surface area contributed by atoms with Crippen molar-refractivity contribution in [2.45, 2.75) is 71.4 Å². The van der Waals surface area contributed by atoms with Crippen LogP contribution in [-0.2, 0) is 0 Å². The Balaban J connectivity index is 2.87. The molecule has 1 aliphatic rings. The van der Waals surface area contributed by atoms with Gasteiger partial charge in [-0.2, -0.15) is 0 Å². The first kappa shape index (κ1) is 14.0. The van der Waals surface area contributed by atoms with E-state index in [0.29, 0.717) is 11.5 Å². The maximum atomic E-state index is 6.14. The number of nitrogens with two attached hydrogens (primary N) is 1. The third-order valence-corrected chi connectivity index (χ3v) is 5.03. The molecule has 0 aromatic heterocycles. The molecule has 0 saturated heterocycles. The van der Waals surface area contributed by atoms with E-state index in [4.69, 9.17) is 5.73 Å². The smallest absolute Gasteiger partial charge is 0.0382 e. The number of likely N-dealkylation sites (N-methyl/N-ethyl adjacent to an activating group) is 1. The molecule has 0 radical (unpaired) electrons. The standard InChI is InChI=1S/C14H30N2/c1-6-8-12(2)16(5)14(11-15)10-7-9-13(14,3)4/h12H,6-11,15H2,1-5H3. The van der Waals surface area contributed by atoms with Crippen molar-refractivity contribution in [1.82, 2.24) is 4.90 Å². The van der Waals surface area contributed by atoms with Gasteiger partial charge in [0.05, 0.1) is 0 Å². The Hall–Kier alpha value is -0.0800. The van der Waals surface area contributed by atoms with Gasteiger partial charge in [0.2, 0.25) is 0 Å². The highest BCUT2D eigenvalue weighted by molar-refractivity contribution is 5.07. The van der Waals surface area contributed by atoms with E-state index in [1.807, 2.05) is 0 Å². The Morgan fingerprint density at radius 3 is 2.31 bits per heavy atom. The van der Waals surface area contributed by atoms with Gasteiger partial charge < -0.3 is 5.73 Å². The molecule has 96 valence electrons. The monoisotopic (exact) mass is 226 g/mol. The second kappa shape index (κ2) is 5.05. The zero-order valence-corrected chi connectivity index (χ0v) is 11.8. The van der Waals surface area contributed by atoms with Crippen LogP contribution in [0.3, 0.4) is 0 Å². The maximum absolute atomic E-state index is 6.14. The number of rotatable bonds is 5. The van der Waals surface area contributed by atoms with Gasteiger partial charge in [-0.1, -0.05) is 33.6 Å². The minimum absolute atomic E-state index is 0.224. The van der Waals surface area contributed by atoms with Crippen molar-refractivity contribution in [2.24, 2.45) is 11.1 Å². The molecule has 0 aliphatic heterocycles. The molecule has 16 heavy (non-hydrogen) atoms. The van der Waals surface area contributed by atoms with Crippen molar-refractivity contribution in [3.8, 4) is 0 Å². The van der Waals surface area contributed by atoms with Crippen LogP contribution in [0.15, 0.2) is 0 Å². The van der Waals surface area contributed by atoms with E-state index < -0.39 is 0 Å². The van der Waals surface area contributed by atoms with E-state index >= 15 is 0 Å². The van der Waals surface area contributed by atoms with Crippen LogP contribution in [0, 0.1) is 5.41 Å². The fourth-order valence-electron chi connectivity index (χ4n) is 3.60. The van der Waals surface area contributed by atoms with Crippen LogP contribution < -0.4 is 5.73 Å². The average molecular weight is 226 g/mol. The summed E-state index contributed by atoms with van der Waals surface area (Å²) in [4.78, 5) is 2.57. The molecule has 2 nitrogen and oxygen atoms in total. The molecule has 1 rings (SSSR count). The van der Waals surface area contributed by atoms with Gasteiger partial charge in [0.25, 0.3) is 0 Å². The van der Waals surface area contributed by atoms with Crippen molar-refractivity contribution >= 4 is 0 Å². The summed E-state index contributed by atoms with van der Waals surface area (Å²) >= 11 is 0. The SMILES string of the molecule is CCCC(C)N(C)C1(CN)CCCC1(C)C. The van der Waals surface area contributed by atoms with Crippen LogP contribution in [0.1, 0.15) is 59.8 Å². The minimum Gasteiger partial charge on any atom is -0.329 e. The van der Waals surface area contributed by atoms with Crippen molar-refractivity contribution in [3.63, 3.8) is 0 Å². The van der Waals surface area contributed by atoms with E-state index in [0.717, 1.165) is 6.54 Å². The Kier molecular flexibility index (Phi) is 4.42. The first-order valence-corrected chi connectivity index (χ1v) is 6.84. The minimum atomic E-state index is 0.224. The molecule has 2 N–H and O–H groups in total. The van der Waals surface area contributed by atoms with E-state index in [9.17, 15) is 0 Å². The second-order valence-corrected chi connectivity index (χ2v) is 6.22. The number of hydrogen-bond donors (Lipinski definition) is 1. The lowest BCUT2D eigenvalue weighted by Crippen LogP contribution is -2.60. The first-order chi connectivity index (χ1) is 7.41. The van der Waals surface area contributed by atoms with Crippen molar-refractivity contribution in [1.29, 1.82) is 0 Å². The Labute approximate surface area is 102 Å². The molecule has 2 atom stereocenters.